The molecule has 7 nitrogen and oxygen atoms in total. The van der Waals surface area contributed by atoms with Crippen LogP contribution in [-0.4, -0.2) is 44.5 Å². The summed E-state index contributed by atoms with van der Waals surface area (Å²) < 4.78 is 17.3. The average molecular weight is 312 g/mol. The van der Waals surface area contributed by atoms with Crippen LogP contribution in [0.5, 0.6) is 0 Å². The van der Waals surface area contributed by atoms with Crippen molar-refractivity contribution in [2.24, 2.45) is 0 Å². The lowest BCUT2D eigenvalue weighted by Gasteiger charge is -2.35. The smallest absolute Gasteiger partial charge is 0.493 e. The predicted octanol–water partition coefficient (Wildman–Crippen LogP) is 2.52. The van der Waals surface area contributed by atoms with E-state index in [1.807, 2.05) is 0 Å². The van der Waals surface area contributed by atoms with Gasteiger partial charge in [0.2, 0.25) is 0 Å². The monoisotopic (exact) mass is 312 g/mol. The SMILES string of the molecule is CC(C)OC1(OC(C)C)N(O)C(C)(C)C(c2ccco2)=[N+]1[O-]. The van der Waals surface area contributed by atoms with E-state index >= 15 is 0 Å². The zero-order valence-electron chi connectivity index (χ0n) is 13.9. The summed E-state index contributed by atoms with van der Waals surface area (Å²) in [4.78, 5) is 0. The lowest BCUT2D eigenvalue weighted by atomic mass is 9.97. The quantitative estimate of drug-likeness (QED) is 0.511. The molecule has 1 N–H and O–H groups in total. The maximum Gasteiger partial charge on any atom is 0.493 e. The highest BCUT2D eigenvalue weighted by Crippen LogP contribution is 2.38. The van der Waals surface area contributed by atoms with E-state index in [1.165, 1.54) is 6.26 Å². The molecule has 0 atom stereocenters. The molecule has 124 valence electrons. The highest BCUT2D eigenvalue weighted by atomic mass is 16.8. The minimum absolute atomic E-state index is 0.237. The molecule has 0 aromatic carbocycles. The summed E-state index contributed by atoms with van der Waals surface area (Å²) in [7, 11) is 0. The van der Waals surface area contributed by atoms with Crippen LogP contribution in [0.15, 0.2) is 22.8 Å². The van der Waals surface area contributed by atoms with Crippen LogP contribution in [0.25, 0.3) is 0 Å². The summed E-state index contributed by atoms with van der Waals surface area (Å²) >= 11 is 0. The van der Waals surface area contributed by atoms with E-state index in [9.17, 15) is 10.4 Å². The second-order valence-electron chi connectivity index (χ2n) is 6.37. The third-order valence-electron chi connectivity index (χ3n) is 3.37. The highest BCUT2D eigenvalue weighted by Gasteiger charge is 2.67. The Bertz CT molecular complexity index is 538. The van der Waals surface area contributed by atoms with Crippen molar-refractivity contribution in [2.45, 2.75) is 65.3 Å². The number of hydrogen-bond donors (Lipinski definition) is 1. The Balaban J connectivity index is 2.62. The number of hydrogen-bond acceptors (Lipinski definition) is 6. The van der Waals surface area contributed by atoms with Gasteiger partial charge in [0.1, 0.15) is 5.54 Å². The average Bonchev–Trinajstić information content (AvgIpc) is 2.92. The van der Waals surface area contributed by atoms with E-state index < -0.39 is 11.6 Å². The van der Waals surface area contributed by atoms with Crippen molar-refractivity contribution in [3.8, 4) is 0 Å². The van der Waals surface area contributed by atoms with E-state index in [-0.39, 0.29) is 17.9 Å². The normalized spacial score (nSPS) is 21.3. The maximum absolute atomic E-state index is 13.0. The molecule has 0 aliphatic carbocycles. The molecule has 0 amide bonds. The van der Waals surface area contributed by atoms with Gasteiger partial charge in [-0.1, -0.05) is 5.06 Å². The molecule has 1 aromatic heterocycles. The fraction of sp³-hybridized carbons (Fsp3) is 0.667. The van der Waals surface area contributed by atoms with Crippen molar-refractivity contribution in [1.82, 2.24) is 5.06 Å². The summed E-state index contributed by atoms with van der Waals surface area (Å²) in [6.45, 7) is 10.5. The third kappa shape index (κ3) is 2.54. The third-order valence-corrected chi connectivity index (χ3v) is 3.37. The predicted molar refractivity (Wildman–Crippen MR) is 79.3 cm³/mol. The van der Waals surface area contributed by atoms with Crippen LogP contribution < -0.4 is 0 Å². The van der Waals surface area contributed by atoms with E-state index in [0.717, 1.165) is 5.06 Å². The Labute approximate surface area is 130 Å². The van der Waals surface area contributed by atoms with Crippen LogP contribution >= 0.6 is 0 Å². The zero-order chi connectivity index (χ0) is 16.7. The van der Waals surface area contributed by atoms with Crippen molar-refractivity contribution in [3.05, 3.63) is 29.4 Å². The Hall–Kier alpha value is -1.41. The van der Waals surface area contributed by atoms with E-state index in [2.05, 4.69) is 0 Å². The van der Waals surface area contributed by atoms with Crippen LogP contribution in [0.4, 0.5) is 0 Å². The molecule has 0 saturated carbocycles. The first-order valence-corrected chi connectivity index (χ1v) is 7.36. The van der Waals surface area contributed by atoms with Gasteiger partial charge in [0.25, 0.3) is 5.71 Å². The molecule has 0 unspecified atom stereocenters. The van der Waals surface area contributed by atoms with Crippen LogP contribution in [0.3, 0.4) is 0 Å². The molecule has 1 aliphatic rings. The number of hydroxylamine groups is 3. The second-order valence-corrected chi connectivity index (χ2v) is 6.37. The van der Waals surface area contributed by atoms with Gasteiger partial charge in [0, 0.05) is 0 Å². The van der Waals surface area contributed by atoms with Crippen LogP contribution in [-0.2, 0) is 9.47 Å². The van der Waals surface area contributed by atoms with Gasteiger partial charge >= 0.3 is 6.03 Å². The molecular weight excluding hydrogens is 288 g/mol. The number of rotatable bonds is 5. The van der Waals surface area contributed by atoms with E-state index in [1.54, 1.807) is 53.7 Å². The van der Waals surface area contributed by atoms with Crippen molar-refractivity contribution in [2.75, 3.05) is 0 Å². The van der Waals surface area contributed by atoms with Gasteiger partial charge < -0.3 is 14.8 Å². The van der Waals surface area contributed by atoms with Gasteiger partial charge in [-0.3, -0.25) is 9.47 Å². The molecule has 0 fully saturated rings. The zero-order valence-corrected chi connectivity index (χ0v) is 13.9. The van der Waals surface area contributed by atoms with Crippen LogP contribution in [0.1, 0.15) is 47.3 Å². The van der Waals surface area contributed by atoms with Crippen LogP contribution in [0.2, 0.25) is 0 Å². The molecule has 7 heteroatoms. The Kier molecular flexibility index (Phi) is 4.36. The molecule has 0 radical (unpaired) electrons. The van der Waals surface area contributed by atoms with Crippen molar-refractivity contribution in [1.29, 1.82) is 0 Å². The lowest BCUT2D eigenvalue weighted by Crippen LogP contribution is -2.60. The number of nitrogens with zero attached hydrogens (tertiary/aromatic N) is 2. The minimum Gasteiger partial charge on any atom is -0.618 e. The summed E-state index contributed by atoms with van der Waals surface area (Å²) in [5, 5.41) is 24.5. The summed E-state index contributed by atoms with van der Waals surface area (Å²) in [6, 6.07) is 1.39. The van der Waals surface area contributed by atoms with Gasteiger partial charge in [0.05, 0.1) is 18.5 Å². The minimum atomic E-state index is -1.95. The first kappa shape index (κ1) is 17.0. The van der Waals surface area contributed by atoms with Crippen molar-refractivity contribution < 1.29 is 23.8 Å². The summed E-state index contributed by atoms with van der Waals surface area (Å²) in [5.74, 6) is 0.362. The van der Waals surface area contributed by atoms with E-state index in [4.69, 9.17) is 13.9 Å². The summed E-state index contributed by atoms with van der Waals surface area (Å²) in [5.41, 5.74) is -0.815. The van der Waals surface area contributed by atoms with Gasteiger partial charge in [-0.05, 0) is 53.7 Å². The van der Waals surface area contributed by atoms with Gasteiger partial charge in [-0.25, -0.2) is 0 Å². The molecule has 2 heterocycles. The Morgan fingerprint density at radius 1 is 1.23 bits per heavy atom. The van der Waals surface area contributed by atoms with Crippen molar-refractivity contribution in [3.63, 3.8) is 0 Å². The largest absolute Gasteiger partial charge is 0.618 e. The van der Waals surface area contributed by atoms with Crippen molar-refractivity contribution >= 4 is 5.71 Å². The van der Waals surface area contributed by atoms with Gasteiger partial charge in [-0.15, -0.1) is 4.74 Å². The fourth-order valence-electron chi connectivity index (χ4n) is 2.58. The molecule has 1 aliphatic heterocycles. The lowest BCUT2D eigenvalue weighted by molar-refractivity contribution is -0.729. The standard InChI is InChI=1S/C15H24N2O5/c1-10(2)21-15(22-11(3)4)16(18)13(12-8-7-9-20-12)14(5,6)17(15)19/h7-11,19H,1-6H3. The highest BCUT2D eigenvalue weighted by molar-refractivity contribution is 6.02. The topological polar surface area (TPSA) is 81.1 Å². The molecule has 0 bridgehead atoms. The second kappa shape index (κ2) is 5.66. The summed E-state index contributed by atoms with van der Waals surface area (Å²) in [6.07, 6.45) is 0.800. The molecule has 2 rings (SSSR count). The molecule has 1 aromatic rings. The maximum atomic E-state index is 13.0. The number of furan rings is 1. The van der Waals surface area contributed by atoms with Crippen LogP contribution in [0, 0.1) is 5.21 Å². The first-order chi connectivity index (χ1) is 10.1. The number of ether oxygens (including phenoxy) is 2. The molecule has 22 heavy (non-hydrogen) atoms. The van der Waals surface area contributed by atoms with E-state index in [0.29, 0.717) is 10.5 Å². The Morgan fingerprint density at radius 3 is 2.18 bits per heavy atom. The van der Waals surface area contributed by atoms with Gasteiger partial charge in [0.15, 0.2) is 5.76 Å². The molecular formula is C15H24N2O5. The fourth-order valence-corrected chi connectivity index (χ4v) is 2.58. The molecule has 0 spiro atoms. The first-order valence-electron chi connectivity index (χ1n) is 7.36. The van der Waals surface area contributed by atoms with Gasteiger partial charge in [-0.2, -0.15) is 0 Å². The Morgan fingerprint density at radius 2 is 1.77 bits per heavy atom. The molecule has 0 saturated heterocycles.